The van der Waals surface area contributed by atoms with Gasteiger partial charge in [-0.3, -0.25) is 4.98 Å². The monoisotopic (exact) mass is 336 g/mol. The van der Waals surface area contributed by atoms with E-state index >= 15 is 0 Å². The summed E-state index contributed by atoms with van der Waals surface area (Å²) in [7, 11) is 0. The molecule has 3 aromatic heterocycles. The lowest BCUT2D eigenvalue weighted by Crippen LogP contribution is -2.06. The fourth-order valence-electron chi connectivity index (χ4n) is 2.05. The van der Waals surface area contributed by atoms with Gasteiger partial charge in [-0.1, -0.05) is 6.92 Å². The molecule has 120 valence electrons. The molecular formula is C15H14F2N4OS. The van der Waals surface area contributed by atoms with Gasteiger partial charge in [0.1, 0.15) is 22.2 Å². The third kappa shape index (κ3) is 3.70. The van der Waals surface area contributed by atoms with Crippen LogP contribution in [0.3, 0.4) is 0 Å². The van der Waals surface area contributed by atoms with Crippen LogP contribution >= 0.6 is 11.3 Å². The lowest BCUT2D eigenvalue weighted by Gasteiger charge is -2.09. The third-order valence-corrected chi connectivity index (χ3v) is 3.95. The highest BCUT2D eigenvalue weighted by molar-refractivity contribution is 7.16. The second kappa shape index (κ2) is 6.82. The van der Waals surface area contributed by atoms with Crippen LogP contribution < -0.4 is 10.1 Å². The van der Waals surface area contributed by atoms with Crippen molar-refractivity contribution >= 4 is 27.4 Å². The van der Waals surface area contributed by atoms with Gasteiger partial charge in [0.2, 0.25) is 0 Å². The van der Waals surface area contributed by atoms with Crippen LogP contribution in [-0.2, 0) is 13.0 Å². The van der Waals surface area contributed by atoms with Crippen LogP contribution in [0.1, 0.15) is 18.4 Å². The number of anilines is 1. The summed E-state index contributed by atoms with van der Waals surface area (Å²) in [6.45, 7) is -0.414. The molecule has 23 heavy (non-hydrogen) atoms. The number of fused-ring (bicyclic) bond motifs is 1. The largest absolute Gasteiger partial charge is 0.433 e. The number of ether oxygens (including phenoxy) is 1. The van der Waals surface area contributed by atoms with Crippen molar-refractivity contribution in [2.75, 3.05) is 5.32 Å². The molecule has 0 saturated heterocycles. The first-order valence-corrected chi connectivity index (χ1v) is 7.91. The predicted octanol–water partition coefficient (Wildman–Crippen LogP) is 3.86. The average Bonchev–Trinajstić information content (AvgIpc) is 3.01. The number of nitrogens with one attached hydrogen (secondary N) is 1. The number of thiophene rings is 1. The second-order valence-electron chi connectivity index (χ2n) is 4.70. The molecule has 3 rings (SSSR count). The Balaban J connectivity index is 1.74. The number of rotatable bonds is 6. The van der Waals surface area contributed by atoms with E-state index in [1.807, 2.05) is 18.4 Å². The first kappa shape index (κ1) is 15.5. The minimum atomic E-state index is -2.85. The van der Waals surface area contributed by atoms with Crippen molar-refractivity contribution in [2.45, 2.75) is 26.5 Å². The Morgan fingerprint density at radius 1 is 1.26 bits per heavy atom. The predicted molar refractivity (Wildman–Crippen MR) is 85.0 cm³/mol. The Morgan fingerprint density at radius 2 is 2.13 bits per heavy atom. The van der Waals surface area contributed by atoms with Gasteiger partial charge in [-0.25, -0.2) is 9.97 Å². The molecule has 0 amide bonds. The molecule has 0 aromatic carbocycles. The summed E-state index contributed by atoms with van der Waals surface area (Å²) < 4.78 is 28.5. The van der Waals surface area contributed by atoms with Crippen LogP contribution in [0.15, 0.2) is 29.8 Å². The Morgan fingerprint density at radius 3 is 2.83 bits per heavy atom. The lowest BCUT2D eigenvalue weighted by molar-refractivity contribution is -0.0500. The summed E-state index contributed by atoms with van der Waals surface area (Å²) in [4.78, 5) is 14.0. The van der Waals surface area contributed by atoms with Crippen molar-refractivity contribution in [2.24, 2.45) is 0 Å². The lowest BCUT2D eigenvalue weighted by atomic mass is 10.3. The standard InChI is InChI=1S/C15H14F2N4OS/c1-2-12-20-13(11-5-6-23-14(11)21-12)19-7-9-3-4-10(8-18-9)22-15(16)17/h3-6,8,15H,2,7H2,1H3,(H,19,20,21). The highest BCUT2D eigenvalue weighted by Crippen LogP contribution is 2.25. The summed E-state index contributed by atoms with van der Waals surface area (Å²) >= 11 is 1.57. The van der Waals surface area contributed by atoms with E-state index in [0.29, 0.717) is 12.2 Å². The van der Waals surface area contributed by atoms with Gasteiger partial charge in [0.05, 0.1) is 23.8 Å². The van der Waals surface area contributed by atoms with E-state index in [1.54, 1.807) is 17.4 Å². The molecule has 0 unspecified atom stereocenters. The zero-order chi connectivity index (χ0) is 16.2. The number of halogens is 2. The molecule has 0 fully saturated rings. The maximum Gasteiger partial charge on any atom is 0.387 e. The first-order valence-electron chi connectivity index (χ1n) is 7.03. The van der Waals surface area contributed by atoms with E-state index < -0.39 is 6.61 Å². The summed E-state index contributed by atoms with van der Waals surface area (Å²) in [5.74, 6) is 1.57. The number of alkyl halides is 2. The van der Waals surface area contributed by atoms with E-state index in [0.717, 1.165) is 28.3 Å². The molecule has 0 radical (unpaired) electrons. The van der Waals surface area contributed by atoms with Crippen LogP contribution in [0.25, 0.3) is 10.2 Å². The average molecular weight is 336 g/mol. The van der Waals surface area contributed by atoms with Crippen molar-refractivity contribution in [1.29, 1.82) is 0 Å². The molecule has 8 heteroatoms. The van der Waals surface area contributed by atoms with Crippen molar-refractivity contribution in [3.63, 3.8) is 0 Å². The highest BCUT2D eigenvalue weighted by atomic mass is 32.1. The first-order chi connectivity index (χ1) is 11.2. The molecule has 0 spiro atoms. The summed E-state index contributed by atoms with van der Waals surface area (Å²) in [5, 5.41) is 6.16. The SMILES string of the molecule is CCc1nc(NCc2ccc(OC(F)F)cn2)c2ccsc2n1. The van der Waals surface area contributed by atoms with Crippen molar-refractivity contribution in [1.82, 2.24) is 15.0 Å². The Kier molecular flexibility index (Phi) is 4.61. The molecule has 0 aliphatic heterocycles. The normalized spacial score (nSPS) is 11.1. The van der Waals surface area contributed by atoms with E-state index in [2.05, 4.69) is 25.0 Å². The van der Waals surface area contributed by atoms with Gasteiger partial charge in [-0.05, 0) is 23.6 Å². The summed E-state index contributed by atoms with van der Waals surface area (Å²) in [5.41, 5.74) is 0.701. The number of nitrogens with zero attached hydrogens (tertiary/aromatic N) is 3. The minimum Gasteiger partial charge on any atom is -0.433 e. The zero-order valence-corrected chi connectivity index (χ0v) is 13.1. The van der Waals surface area contributed by atoms with E-state index in [-0.39, 0.29) is 5.75 Å². The molecule has 0 atom stereocenters. The van der Waals surface area contributed by atoms with Gasteiger partial charge < -0.3 is 10.1 Å². The van der Waals surface area contributed by atoms with Crippen molar-refractivity contribution in [3.05, 3.63) is 41.3 Å². The van der Waals surface area contributed by atoms with Gasteiger partial charge in [-0.2, -0.15) is 8.78 Å². The van der Waals surface area contributed by atoms with Crippen LogP contribution in [0.2, 0.25) is 0 Å². The van der Waals surface area contributed by atoms with Crippen LogP contribution in [0.5, 0.6) is 5.75 Å². The number of aryl methyl sites for hydroxylation is 1. The molecule has 3 aromatic rings. The van der Waals surface area contributed by atoms with Gasteiger partial charge in [0.25, 0.3) is 0 Å². The van der Waals surface area contributed by atoms with Gasteiger partial charge in [0, 0.05) is 6.42 Å². The Hall–Kier alpha value is -2.35. The molecular weight excluding hydrogens is 322 g/mol. The maximum atomic E-state index is 12.1. The van der Waals surface area contributed by atoms with Crippen LogP contribution in [0, 0.1) is 0 Å². The zero-order valence-electron chi connectivity index (χ0n) is 12.3. The molecule has 1 N–H and O–H groups in total. The van der Waals surface area contributed by atoms with Crippen molar-refractivity contribution in [3.8, 4) is 5.75 Å². The third-order valence-electron chi connectivity index (χ3n) is 3.15. The Labute approximate surface area is 135 Å². The highest BCUT2D eigenvalue weighted by Gasteiger charge is 2.09. The minimum absolute atomic E-state index is 0.0410. The summed E-state index contributed by atoms with van der Waals surface area (Å²) in [6, 6.07) is 5.07. The Bertz CT molecular complexity index is 792. The van der Waals surface area contributed by atoms with E-state index in [1.165, 1.54) is 12.3 Å². The van der Waals surface area contributed by atoms with Crippen LogP contribution in [-0.4, -0.2) is 21.6 Å². The molecule has 0 bridgehead atoms. The van der Waals surface area contributed by atoms with Gasteiger partial charge >= 0.3 is 6.61 Å². The molecule has 0 aliphatic rings. The molecule has 5 nitrogen and oxygen atoms in total. The van der Waals surface area contributed by atoms with Gasteiger partial charge in [-0.15, -0.1) is 11.3 Å². The molecule has 0 aliphatic carbocycles. The number of hydrogen-bond acceptors (Lipinski definition) is 6. The number of hydrogen-bond donors (Lipinski definition) is 1. The number of pyridine rings is 1. The smallest absolute Gasteiger partial charge is 0.387 e. The maximum absolute atomic E-state index is 12.1. The second-order valence-corrected chi connectivity index (χ2v) is 5.59. The quantitative estimate of drug-likeness (QED) is 0.740. The van der Waals surface area contributed by atoms with E-state index in [4.69, 9.17) is 0 Å². The fourth-order valence-corrected chi connectivity index (χ4v) is 2.84. The molecule has 3 heterocycles. The van der Waals surface area contributed by atoms with Crippen molar-refractivity contribution < 1.29 is 13.5 Å². The summed E-state index contributed by atoms with van der Waals surface area (Å²) in [6.07, 6.45) is 2.03. The topological polar surface area (TPSA) is 59.9 Å². The molecule has 0 saturated carbocycles. The number of aromatic nitrogens is 3. The van der Waals surface area contributed by atoms with Crippen LogP contribution in [0.4, 0.5) is 14.6 Å². The fraction of sp³-hybridized carbons (Fsp3) is 0.267. The van der Waals surface area contributed by atoms with E-state index in [9.17, 15) is 8.78 Å². The van der Waals surface area contributed by atoms with Gasteiger partial charge in [0.15, 0.2) is 0 Å².